The standard InChI is InChI=1S/C28H25BrClN7O2/c1-17-25-21(13-23(18-6-4-3-5-7-18)31-26(25)35(2)33-17)27(38)36-15-28(39,16-36)11-10-20-14-37(34-32-20)24-12-19(30)8-9-22(24)29/h3-9,12-14,39H,10-11,15-16H2,1-2H3. The van der Waals surface area contributed by atoms with Gasteiger partial charge in [0, 0.05) is 22.1 Å². The third-order valence-electron chi connectivity index (χ3n) is 7.07. The van der Waals surface area contributed by atoms with Crippen molar-refractivity contribution in [3.8, 4) is 16.9 Å². The molecule has 3 aromatic heterocycles. The SMILES string of the molecule is Cc1nn(C)c2nc(-c3ccccc3)cc(C(=O)N3CC(O)(CCc4cn(-c5cc(Cl)ccc5Br)nn4)C3)c12. The maximum Gasteiger partial charge on any atom is 0.254 e. The Kier molecular flexibility index (Phi) is 6.49. The summed E-state index contributed by atoms with van der Waals surface area (Å²) in [5.41, 5.74) is 4.11. The monoisotopic (exact) mass is 605 g/mol. The van der Waals surface area contributed by atoms with Crippen molar-refractivity contribution in [3.63, 3.8) is 0 Å². The Bertz CT molecular complexity index is 1710. The number of likely N-dealkylation sites (tertiary alicyclic amines) is 1. The normalized spacial score (nSPS) is 14.5. The van der Waals surface area contributed by atoms with E-state index in [9.17, 15) is 9.90 Å². The molecule has 0 bridgehead atoms. The Balaban J connectivity index is 1.18. The first kappa shape index (κ1) is 25.7. The molecule has 0 aliphatic carbocycles. The first-order chi connectivity index (χ1) is 18.7. The van der Waals surface area contributed by atoms with E-state index in [0.29, 0.717) is 34.8 Å². The zero-order valence-corrected chi connectivity index (χ0v) is 23.7. The minimum atomic E-state index is -0.992. The molecule has 1 saturated heterocycles. The molecule has 1 N–H and O–H groups in total. The molecule has 6 rings (SSSR count). The lowest BCUT2D eigenvalue weighted by Crippen LogP contribution is -2.63. The molecule has 11 heteroatoms. The number of aliphatic hydroxyl groups is 1. The van der Waals surface area contributed by atoms with E-state index in [-0.39, 0.29) is 19.0 Å². The average Bonchev–Trinajstić information content (AvgIpc) is 3.51. The summed E-state index contributed by atoms with van der Waals surface area (Å²) in [6.07, 6.45) is 2.81. The number of β-amino-alcohol motifs (C(OH)–C–C–N with tert-alkyl or cyclic N) is 1. The third kappa shape index (κ3) is 4.84. The molecule has 1 fully saturated rings. The Morgan fingerprint density at radius 1 is 1.15 bits per heavy atom. The smallest absolute Gasteiger partial charge is 0.254 e. The Morgan fingerprint density at radius 2 is 1.92 bits per heavy atom. The van der Waals surface area contributed by atoms with Crippen molar-refractivity contribution in [3.05, 3.63) is 87.2 Å². The molecule has 1 aliphatic heterocycles. The minimum Gasteiger partial charge on any atom is -0.386 e. The van der Waals surface area contributed by atoms with Crippen molar-refractivity contribution >= 4 is 44.5 Å². The highest BCUT2D eigenvalue weighted by molar-refractivity contribution is 9.10. The van der Waals surface area contributed by atoms with Gasteiger partial charge in [0.2, 0.25) is 0 Å². The van der Waals surface area contributed by atoms with Crippen LogP contribution in [0.2, 0.25) is 5.02 Å². The number of carbonyl (C=O) groups is 1. The second-order valence-electron chi connectivity index (χ2n) is 9.96. The fraction of sp³-hybridized carbons (Fsp3) is 0.250. The van der Waals surface area contributed by atoms with Crippen LogP contribution in [-0.4, -0.2) is 64.4 Å². The zero-order chi connectivity index (χ0) is 27.3. The summed E-state index contributed by atoms with van der Waals surface area (Å²) in [6, 6.07) is 17.0. The second-order valence-corrected chi connectivity index (χ2v) is 11.3. The van der Waals surface area contributed by atoms with Gasteiger partial charge in [0.1, 0.15) is 5.60 Å². The van der Waals surface area contributed by atoms with Crippen molar-refractivity contribution in [2.45, 2.75) is 25.4 Å². The van der Waals surface area contributed by atoms with Crippen LogP contribution in [0.15, 0.2) is 65.3 Å². The molecule has 0 atom stereocenters. The molecule has 0 unspecified atom stereocenters. The molecular formula is C28H25BrClN7O2. The van der Waals surface area contributed by atoms with E-state index in [2.05, 4.69) is 31.3 Å². The van der Waals surface area contributed by atoms with Crippen LogP contribution in [-0.2, 0) is 13.5 Å². The summed E-state index contributed by atoms with van der Waals surface area (Å²) in [5.74, 6) is -0.142. The Labute approximate surface area is 238 Å². The van der Waals surface area contributed by atoms with Crippen LogP contribution in [0.1, 0.15) is 28.2 Å². The van der Waals surface area contributed by atoms with E-state index >= 15 is 0 Å². The van der Waals surface area contributed by atoms with Crippen LogP contribution < -0.4 is 0 Å². The van der Waals surface area contributed by atoms with Gasteiger partial charge >= 0.3 is 0 Å². The van der Waals surface area contributed by atoms with Crippen LogP contribution >= 0.6 is 27.5 Å². The van der Waals surface area contributed by atoms with Gasteiger partial charge in [-0.25, -0.2) is 9.67 Å². The predicted octanol–water partition coefficient (Wildman–Crippen LogP) is 4.76. The average molecular weight is 607 g/mol. The molecule has 9 nitrogen and oxygen atoms in total. The first-order valence-corrected chi connectivity index (χ1v) is 13.7. The zero-order valence-electron chi connectivity index (χ0n) is 21.3. The van der Waals surface area contributed by atoms with Crippen molar-refractivity contribution in [2.24, 2.45) is 7.05 Å². The van der Waals surface area contributed by atoms with Crippen LogP contribution in [0.3, 0.4) is 0 Å². The summed E-state index contributed by atoms with van der Waals surface area (Å²) in [7, 11) is 1.83. The molecule has 0 saturated carbocycles. The molecule has 0 spiro atoms. The van der Waals surface area contributed by atoms with Gasteiger partial charge < -0.3 is 10.0 Å². The van der Waals surface area contributed by atoms with Crippen LogP contribution in [0.4, 0.5) is 0 Å². The van der Waals surface area contributed by atoms with E-state index in [4.69, 9.17) is 16.6 Å². The van der Waals surface area contributed by atoms with Gasteiger partial charge in [0.05, 0.1) is 53.0 Å². The highest BCUT2D eigenvalue weighted by Crippen LogP contribution is 2.32. The highest BCUT2D eigenvalue weighted by Gasteiger charge is 2.44. The summed E-state index contributed by atoms with van der Waals surface area (Å²) in [5, 5.41) is 25.4. The summed E-state index contributed by atoms with van der Waals surface area (Å²) < 4.78 is 4.20. The minimum absolute atomic E-state index is 0.142. The van der Waals surface area contributed by atoms with Crippen molar-refractivity contribution in [1.82, 2.24) is 34.7 Å². The number of carbonyl (C=O) groups excluding carboxylic acids is 1. The largest absolute Gasteiger partial charge is 0.386 e. The number of fused-ring (bicyclic) bond motifs is 1. The number of aromatic nitrogens is 6. The molecule has 1 aliphatic rings. The first-order valence-electron chi connectivity index (χ1n) is 12.5. The number of aryl methyl sites for hydroxylation is 3. The number of hydrogen-bond acceptors (Lipinski definition) is 6. The van der Waals surface area contributed by atoms with Gasteiger partial charge in [-0.3, -0.25) is 9.48 Å². The lowest BCUT2D eigenvalue weighted by Gasteiger charge is -2.46. The lowest BCUT2D eigenvalue weighted by atomic mass is 9.87. The quantitative estimate of drug-likeness (QED) is 0.299. The number of hydrogen-bond donors (Lipinski definition) is 1. The fourth-order valence-electron chi connectivity index (χ4n) is 5.06. The van der Waals surface area contributed by atoms with Crippen molar-refractivity contribution in [2.75, 3.05) is 13.1 Å². The van der Waals surface area contributed by atoms with Gasteiger partial charge in [0.25, 0.3) is 5.91 Å². The number of benzene rings is 2. The number of halogens is 2. The second kappa shape index (κ2) is 9.86. The molecule has 5 aromatic rings. The number of nitrogens with zero attached hydrogens (tertiary/aromatic N) is 7. The molecule has 39 heavy (non-hydrogen) atoms. The molecule has 198 valence electrons. The summed E-state index contributed by atoms with van der Waals surface area (Å²) >= 11 is 9.64. The molecule has 4 heterocycles. The van der Waals surface area contributed by atoms with Gasteiger partial charge in [-0.15, -0.1) is 5.10 Å². The fourth-order valence-corrected chi connectivity index (χ4v) is 5.65. The van der Waals surface area contributed by atoms with Gasteiger partial charge in [-0.05, 0) is 60.0 Å². The van der Waals surface area contributed by atoms with Crippen LogP contribution in [0.25, 0.3) is 28.0 Å². The third-order valence-corrected chi connectivity index (χ3v) is 7.97. The predicted molar refractivity (Wildman–Crippen MR) is 152 cm³/mol. The molecular weight excluding hydrogens is 582 g/mol. The number of pyridine rings is 1. The van der Waals surface area contributed by atoms with E-state index < -0.39 is 5.60 Å². The van der Waals surface area contributed by atoms with Gasteiger partial charge in [-0.1, -0.05) is 47.1 Å². The molecule has 1 amide bonds. The lowest BCUT2D eigenvalue weighted by molar-refractivity contribution is -0.0854. The molecule has 2 aromatic carbocycles. The summed E-state index contributed by atoms with van der Waals surface area (Å²) in [6.45, 7) is 2.36. The number of rotatable bonds is 6. The van der Waals surface area contributed by atoms with Crippen molar-refractivity contribution in [1.29, 1.82) is 0 Å². The van der Waals surface area contributed by atoms with Gasteiger partial charge in [-0.2, -0.15) is 5.10 Å². The van der Waals surface area contributed by atoms with E-state index in [1.807, 2.05) is 62.6 Å². The van der Waals surface area contributed by atoms with Gasteiger partial charge in [0.15, 0.2) is 5.65 Å². The maximum absolute atomic E-state index is 13.7. The maximum atomic E-state index is 13.7. The van der Waals surface area contributed by atoms with E-state index in [0.717, 1.165) is 32.5 Å². The number of amides is 1. The molecule has 0 radical (unpaired) electrons. The Hall–Kier alpha value is -3.60. The summed E-state index contributed by atoms with van der Waals surface area (Å²) in [4.78, 5) is 20.1. The van der Waals surface area contributed by atoms with E-state index in [1.54, 1.807) is 26.4 Å². The Morgan fingerprint density at radius 3 is 2.69 bits per heavy atom. The van der Waals surface area contributed by atoms with Crippen LogP contribution in [0, 0.1) is 6.92 Å². The topological polar surface area (TPSA) is 102 Å². The van der Waals surface area contributed by atoms with Crippen LogP contribution in [0.5, 0.6) is 0 Å². The highest BCUT2D eigenvalue weighted by atomic mass is 79.9. The van der Waals surface area contributed by atoms with E-state index in [1.165, 1.54) is 0 Å². The van der Waals surface area contributed by atoms with Crippen molar-refractivity contribution < 1.29 is 9.90 Å².